The van der Waals surface area contributed by atoms with E-state index < -0.39 is 0 Å². The molecule has 4 aromatic rings. The minimum Gasteiger partial charge on any atom is -0.465 e. The van der Waals surface area contributed by atoms with Crippen LogP contribution in [0.4, 0.5) is 0 Å². The van der Waals surface area contributed by atoms with E-state index in [2.05, 4.69) is 21.1 Å². The maximum absolute atomic E-state index is 5.74. The van der Waals surface area contributed by atoms with E-state index in [1.807, 2.05) is 50.8 Å². The molecule has 0 aliphatic carbocycles. The number of rotatable bonds is 4. The summed E-state index contributed by atoms with van der Waals surface area (Å²) < 4.78 is 12.7. The number of aromatic amines is 1. The highest BCUT2D eigenvalue weighted by Crippen LogP contribution is 2.31. The summed E-state index contributed by atoms with van der Waals surface area (Å²) >= 11 is 0. The Kier molecular flexibility index (Phi) is 3.46. The number of aryl methyl sites for hydroxylation is 1. The molecule has 1 N–H and O–H groups in total. The van der Waals surface area contributed by atoms with Crippen LogP contribution in [0.15, 0.2) is 42.9 Å². The monoisotopic (exact) mass is 322 g/mol. The van der Waals surface area contributed by atoms with Crippen molar-refractivity contribution in [3.63, 3.8) is 0 Å². The maximum Gasteiger partial charge on any atom is 0.196 e. The Morgan fingerprint density at radius 1 is 1.12 bits per heavy atom. The van der Waals surface area contributed by atoms with Gasteiger partial charge in [0, 0.05) is 42.2 Å². The average Bonchev–Trinajstić information content (AvgIpc) is 3.17. The van der Waals surface area contributed by atoms with Crippen molar-refractivity contribution in [3.8, 4) is 17.0 Å². The van der Waals surface area contributed by atoms with E-state index in [1.165, 1.54) is 0 Å². The predicted molar refractivity (Wildman–Crippen MR) is 92.9 cm³/mol. The number of fused-ring (bicyclic) bond motifs is 3. The molecule has 1 unspecified atom stereocenters. The van der Waals surface area contributed by atoms with E-state index in [-0.39, 0.29) is 6.29 Å². The highest BCUT2D eigenvalue weighted by molar-refractivity contribution is 6.08. The molecule has 1 atom stereocenters. The highest BCUT2D eigenvalue weighted by Gasteiger charge is 2.10. The Hall–Kier alpha value is -2.86. The van der Waals surface area contributed by atoms with Crippen molar-refractivity contribution in [2.75, 3.05) is 7.11 Å². The normalized spacial score (nSPS) is 12.8. The fraction of sp³-hybridized carbons (Fsp3) is 0.222. The lowest BCUT2D eigenvalue weighted by Gasteiger charge is -2.12. The molecule has 0 spiro atoms. The molecule has 0 amide bonds. The van der Waals surface area contributed by atoms with Gasteiger partial charge >= 0.3 is 0 Å². The van der Waals surface area contributed by atoms with Crippen LogP contribution in [-0.2, 0) is 11.8 Å². The fourth-order valence-electron chi connectivity index (χ4n) is 2.80. The Bertz CT molecular complexity index is 1020. The van der Waals surface area contributed by atoms with E-state index >= 15 is 0 Å². The smallest absolute Gasteiger partial charge is 0.196 e. The molecule has 0 radical (unpaired) electrons. The SMILES string of the molecule is COC(C)Oc1ccc2[nH]c3cnc(-c4cnn(C)c4)cc3c2c1. The Labute approximate surface area is 139 Å². The lowest BCUT2D eigenvalue weighted by molar-refractivity contribution is -0.0381. The second-order valence-corrected chi connectivity index (χ2v) is 5.77. The number of aromatic nitrogens is 4. The van der Waals surface area contributed by atoms with Gasteiger partial charge in [-0.15, -0.1) is 0 Å². The Morgan fingerprint density at radius 3 is 2.71 bits per heavy atom. The summed E-state index contributed by atoms with van der Waals surface area (Å²) in [5.41, 5.74) is 3.93. The quantitative estimate of drug-likeness (QED) is 0.584. The van der Waals surface area contributed by atoms with Gasteiger partial charge in [0.2, 0.25) is 0 Å². The molecule has 0 saturated carbocycles. The van der Waals surface area contributed by atoms with Crippen LogP contribution in [0.3, 0.4) is 0 Å². The average molecular weight is 322 g/mol. The summed E-state index contributed by atoms with van der Waals surface area (Å²) in [5, 5.41) is 6.42. The second kappa shape index (κ2) is 5.65. The van der Waals surface area contributed by atoms with Gasteiger partial charge in [0.15, 0.2) is 6.29 Å². The van der Waals surface area contributed by atoms with Gasteiger partial charge in [-0.2, -0.15) is 5.10 Å². The van der Waals surface area contributed by atoms with Crippen LogP contribution in [-0.4, -0.2) is 33.1 Å². The minimum absolute atomic E-state index is 0.291. The van der Waals surface area contributed by atoms with E-state index in [9.17, 15) is 0 Å². The predicted octanol–water partition coefficient (Wildman–Crippen LogP) is 3.49. The second-order valence-electron chi connectivity index (χ2n) is 5.77. The molecule has 122 valence electrons. The van der Waals surface area contributed by atoms with E-state index in [0.717, 1.165) is 38.8 Å². The van der Waals surface area contributed by atoms with Crippen LogP contribution in [0.5, 0.6) is 5.75 Å². The van der Waals surface area contributed by atoms with Crippen molar-refractivity contribution in [1.29, 1.82) is 0 Å². The van der Waals surface area contributed by atoms with Crippen LogP contribution in [0.25, 0.3) is 33.1 Å². The van der Waals surface area contributed by atoms with Gasteiger partial charge in [-0.1, -0.05) is 0 Å². The molecule has 0 aliphatic heterocycles. The van der Waals surface area contributed by atoms with Crippen molar-refractivity contribution < 1.29 is 9.47 Å². The topological polar surface area (TPSA) is 65.0 Å². The van der Waals surface area contributed by atoms with Crippen molar-refractivity contribution in [2.24, 2.45) is 7.05 Å². The van der Waals surface area contributed by atoms with Gasteiger partial charge in [-0.25, -0.2) is 0 Å². The molecule has 0 aliphatic rings. The van der Waals surface area contributed by atoms with Gasteiger partial charge in [-0.05, 0) is 31.2 Å². The zero-order valence-electron chi connectivity index (χ0n) is 13.8. The zero-order chi connectivity index (χ0) is 16.7. The molecular weight excluding hydrogens is 304 g/mol. The summed E-state index contributed by atoms with van der Waals surface area (Å²) in [6, 6.07) is 8.05. The summed E-state index contributed by atoms with van der Waals surface area (Å²) in [4.78, 5) is 7.92. The molecule has 6 heteroatoms. The van der Waals surface area contributed by atoms with Crippen molar-refractivity contribution in [3.05, 3.63) is 42.9 Å². The molecule has 4 rings (SSSR count). The van der Waals surface area contributed by atoms with Gasteiger partial charge in [-0.3, -0.25) is 9.67 Å². The lowest BCUT2D eigenvalue weighted by Crippen LogP contribution is -2.13. The van der Waals surface area contributed by atoms with Crippen LogP contribution < -0.4 is 4.74 Å². The van der Waals surface area contributed by atoms with Crippen LogP contribution in [0.2, 0.25) is 0 Å². The van der Waals surface area contributed by atoms with Gasteiger partial charge in [0.1, 0.15) is 5.75 Å². The number of pyridine rings is 1. The summed E-state index contributed by atoms with van der Waals surface area (Å²) in [6.45, 7) is 1.86. The first-order valence-electron chi connectivity index (χ1n) is 7.74. The maximum atomic E-state index is 5.74. The summed E-state index contributed by atoms with van der Waals surface area (Å²) in [5.74, 6) is 0.775. The molecular formula is C18H18N4O2. The molecule has 3 heterocycles. The first-order chi connectivity index (χ1) is 11.6. The number of methoxy groups -OCH3 is 1. The van der Waals surface area contributed by atoms with Gasteiger partial charge in [0.25, 0.3) is 0 Å². The standard InChI is InChI=1S/C18H18N4O2/c1-11(23-3)24-13-4-5-16-14(6-13)15-7-17(19-9-18(15)21-16)12-8-20-22(2)10-12/h4-11,21H,1-3H3. The number of hydrogen-bond donors (Lipinski definition) is 1. The van der Waals surface area contributed by atoms with E-state index in [4.69, 9.17) is 9.47 Å². The molecule has 0 saturated heterocycles. The molecule has 6 nitrogen and oxygen atoms in total. The molecule has 3 aromatic heterocycles. The number of hydrogen-bond acceptors (Lipinski definition) is 4. The van der Waals surface area contributed by atoms with Crippen LogP contribution >= 0.6 is 0 Å². The minimum atomic E-state index is -0.291. The third-order valence-electron chi connectivity index (χ3n) is 4.09. The fourth-order valence-corrected chi connectivity index (χ4v) is 2.80. The first-order valence-corrected chi connectivity index (χ1v) is 7.74. The van der Waals surface area contributed by atoms with Gasteiger partial charge < -0.3 is 14.5 Å². The first kappa shape index (κ1) is 14.7. The van der Waals surface area contributed by atoms with Crippen LogP contribution in [0.1, 0.15) is 6.92 Å². The van der Waals surface area contributed by atoms with Crippen molar-refractivity contribution >= 4 is 21.8 Å². The zero-order valence-corrected chi connectivity index (χ0v) is 13.8. The summed E-state index contributed by atoms with van der Waals surface area (Å²) in [6.07, 6.45) is 5.34. The van der Waals surface area contributed by atoms with Crippen molar-refractivity contribution in [1.82, 2.24) is 19.7 Å². The number of nitrogens with one attached hydrogen (secondary N) is 1. The number of benzene rings is 1. The molecule has 1 aromatic carbocycles. The largest absolute Gasteiger partial charge is 0.465 e. The molecule has 24 heavy (non-hydrogen) atoms. The molecule has 0 fully saturated rings. The summed E-state index contributed by atoms with van der Waals surface area (Å²) in [7, 11) is 3.52. The van der Waals surface area contributed by atoms with Crippen molar-refractivity contribution in [2.45, 2.75) is 13.2 Å². The lowest BCUT2D eigenvalue weighted by atomic mass is 10.1. The number of ether oxygens (including phenoxy) is 2. The van der Waals surface area contributed by atoms with Gasteiger partial charge in [0.05, 0.1) is 23.6 Å². The third kappa shape index (κ3) is 2.51. The third-order valence-corrected chi connectivity index (χ3v) is 4.09. The number of H-pyrrole nitrogens is 1. The Morgan fingerprint density at radius 2 is 1.96 bits per heavy atom. The molecule has 0 bridgehead atoms. The Balaban J connectivity index is 1.84. The van der Waals surface area contributed by atoms with E-state index in [1.54, 1.807) is 11.8 Å². The highest BCUT2D eigenvalue weighted by atomic mass is 16.7. The van der Waals surface area contributed by atoms with Crippen LogP contribution in [0, 0.1) is 0 Å². The van der Waals surface area contributed by atoms with E-state index in [0.29, 0.717) is 0 Å². The number of nitrogens with zero attached hydrogens (tertiary/aromatic N) is 3.